The van der Waals surface area contributed by atoms with E-state index in [-0.39, 0.29) is 30.9 Å². The molecule has 2 aromatic carbocycles. The Kier molecular flexibility index (Phi) is 5.40. The zero-order chi connectivity index (χ0) is 20.4. The molecule has 1 fully saturated rings. The Hall–Kier alpha value is -3.06. The van der Waals surface area contributed by atoms with Crippen molar-refractivity contribution in [3.05, 3.63) is 48.0 Å². The summed E-state index contributed by atoms with van der Waals surface area (Å²) in [5, 5.41) is 2.82. The van der Waals surface area contributed by atoms with Crippen LogP contribution >= 0.6 is 0 Å². The van der Waals surface area contributed by atoms with Crippen molar-refractivity contribution in [2.75, 3.05) is 44.1 Å². The molecule has 2 aliphatic rings. The van der Waals surface area contributed by atoms with E-state index in [1.165, 1.54) is 0 Å². The summed E-state index contributed by atoms with van der Waals surface area (Å²) in [4.78, 5) is 29.0. The molecule has 152 valence electrons. The van der Waals surface area contributed by atoms with E-state index in [2.05, 4.69) is 10.2 Å². The average molecular weight is 395 g/mol. The molecule has 0 bridgehead atoms. The van der Waals surface area contributed by atoms with Crippen molar-refractivity contribution in [1.82, 2.24) is 4.90 Å². The second-order valence-corrected chi connectivity index (χ2v) is 7.28. The molecule has 0 unspecified atom stereocenters. The smallest absolute Gasteiger partial charge is 0.244 e. The zero-order valence-electron chi connectivity index (χ0n) is 16.7. The van der Waals surface area contributed by atoms with Crippen LogP contribution in [0.2, 0.25) is 0 Å². The minimum Gasteiger partial charge on any atom is -0.497 e. The number of hydrogen-bond donors (Lipinski definition) is 1. The van der Waals surface area contributed by atoms with Crippen molar-refractivity contribution >= 4 is 23.2 Å². The molecule has 1 saturated heterocycles. The van der Waals surface area contributed by atoms with E-state index in [9.17, 15) is 9.59 Å². The third-order valence-corrected chi connectivity index (χ3v) is 5.57. The Balaban J connectivity index is 1.55. The first-order chi connectivity index (χ1) is 14.1. The SMILES string of the molecule is COc1ccc([C@H]2CCCN2CC(=O)N2CC(=O)Nc3ccccc32)c(OC)c1. The molecule has 1 atom stereocenters. The summed E-state index contributed by atoms with van der Waals surface area (Å²) < 4.78 is 10.9. The van der Waals surface area contributed by atoms with E-state index in [1.54, 1.807) is 19.1 Å². The lowest BCUT2D eigenvalue weighted by Gasteiger charge is -2.32. The molecule has 0 aliphatic carbocycles. The van der Waals surface area contributed by atoms with Gasteiger partial charge in [0.05, 0.1) is 32.1 Å². The van der Waals surface area contributed by atoms with Gasteiger partial charge in [0.15, 0.2) is 0 Å². The predicted octanol–water partition coefficient (Wildman–Crippen LogP) is 2.83. The van der Waals surface area contributed by atoms with Crippen LogP contribution in [0.15, 0.2) is 42.5 Å². The average Bonchev–Trinajstić information content (AvgIpc) is 3.20. The van der Waals surface area contributed by atoms with Gasteiger partial charge in [-0.05, 0) is 37.6 Å². The van der Waals surface area contributed by atoms with Gasteiger partial charge in [-0.2, -0.15) is 0 Å². The largest absolute Gasteiger partial charge is 0.497 e. The fourth-order valence-electron chi connectivity index (χ4n) is 4.18. The number of anilines is 2. The number of para-hydroxylation sites is 2. The number of amides is 2. The van der Waals surface area contributed by atoms with Crippen LogP contribution in [0.4, 0.5) is 11.4 Å². The summed E-state index contributed by atoms with van der Waals surface area (Å²) in [7, 11) is 3.27. The van der Waals surface area contributed by atoms with Gasteiger partial charge in [0.1, 0.15) is 18.0 Å². The van der Waals surface area contributed by atoms with Gasteiger partial charge in [0.2, 0.25) is 11.8 Å². The fourth-order valence-corrected chi connectivity index (χ4v) is 4.18. The molecule has 4 rings (SSSR count). The number of hydrogen-bond acceptors (Lipinski definition) is 5. The van der Waals surface area contributed by atoms with Crippen LogP contribution in [0.25, 0.3) is 0 Å². The van der Waals surface area contributed by atoms with Crippen LogP contribution in [-0.4, -0.2) is 50.6 Å². The fraction of sp³-hybridized carbons (Fsp3) is 0.364. The van der Waals surface area contributed by atoms with Crippen molar-refractivity contribution in [3.63, 3.8) is 0 Å². The van der Waals surface area contributed by atoms with Crippen molar-refractivity contribution in [1.29, 1.82) is 0 Å². The van der Waals surface area contributed by atoms with Crippen LogP contribution in [0.3, 0.4) is 0 Å². The standard InChI is InChI=1S/C22H25N3O4/c1-28-15-9-10-16(20(12-15)29-2)18-8-5-11-24(18)14-22(27)25-13-21(26)23-17-6-3-4-7-19(17)25/h3-4,6-7,9-10,12,18H,5,8,11,13-14H2,1-2H3,(H,23,26)/t18-/m1/s1. The molecule has 2 aliphatic heterocycles. The molecule has 2 amide bonds. The van der Waals surface area contributed by atoms with Gasteiger partial charge in [-0.3, -0.25) is 19.4 Å². The van der Waals surface area contributed by atoms with Gasteiger partial charge < -0.3 is 14.8 Å². The van der Waals surface area contributed by atoms with E-state index >= 15 is 0 Å². The van der Waals surface area contributed by atoms with Gasteiger partial charge in [-0.1, -0.05) is 18.2 Å². The van der Waals surface area contributed by atoms with Crippen molar-refractivity contribution in [3.8, 4) is 11.5 Å². The molecule has 2 heterocycles. The molecule has 0 saturated carbocycles. The summed E-state index contributed by atoms with van der Waals surface area (Å²) >= 11 is 0. The lowest BCUT2D eigenvalue weighted by atomic mass is 10.0. The first-order valence-electron chi connectivity index (χ1n) is 9.76. The second kappa shape index (κ2) is 8.13. The molecule has 7 heteroatoms. The van der Waals surface area contributed by atoms with Crippen LogP contribution in [-0.2, 0) is 9.59 Å². The lowest BCUT2D eigenvalue weighted by Crippen LogP contribution is -2.46. The number of carbonyl (C=O) groups is 2. The molecule has 7 nitrogen and oxygen atoms in total. The summed E-state index contributed by atoms with van der Waals surface area (Å²) in [6.07, 6.45) is 1.96. The maximum atomic E-state index is 13.1. The zero-order valence-corrected chi connectivity index (χ0v) is 16.7. The van der Waals surface area contributed by atoms with E-state index in [4.69, 9.17) is 9.47 Å². The van der Waals surface area contributed by atoms with Gasteiger partial charge in [0.25, 0.3) is 0 Å². The summed E-state index contributed by atoms with van der Waals surface area (Å²) in [5.74, 6) is 1.25. The highest BCUT2D eigenvalue weighted by atomic mass is 16.5. The van der Waals surface area contributed by atoms with E-state index in [1.807, 2.05) is 42.5 Å². The number of benzene rings is 2. The monoisotopic (exact) mass is 395 g/mol. The third kappa shape index (κ3) is 3.78. The first kappa shape index (κ1) is 19.3. The number of nitrogens with one attached hydrogen (secondary N) is 1. The first-order valence-corrected chi connectivity index (χ1v) is 9.76. The number of nitrogens with zero attached hydrogens (tertiary/aromatic N) is 2. The van der Waals surface area contributed by atoms with Crippen LogP contribution in [0, 0.1) is 0 Å². The maximum Gasteiger partial charge on any atom is 0.244 e. The number of fused-ring (bicyclic) bond motifs is 1. The van der Waals surface area contributed by atoms with Crippen molar-refractivity contribution < 1.29 is 19.1 Å². The van der Waals surface area contributed by atoms with Gasteiger partial charge in [-0.15, -0.1) is 0 Å². The van der Waals surface area contributed by atoms with Crippen molar-refractivity contribution in [2.24, 2.45) is 0 Å². The highest BCUT2D eigenvalue weighted by Crippen LogP contribution is 2.39. The lowest BCUT2D eigenvalue weighted by molar-refractivity contribution is -0.122. The van der Waals surface area contributed by atoms with E-state index < -0.39 is 0 Å². The Bertz CT molecular complexity index is 930. The number of rotatable bonds is 5. The van der Waals surface area contributed by atoms with E-state index in [0.717, 1.165) is 42.1 Å². The molecule has 0 spiro atoms. The normalized spacial score (nSPS) is 18.9. The van der Waals surface area contributed by atoms with E-state index in [0.29, 0.717) is 5.69 Å². The molecule has 0 aromatic heterocycles. The Morgan fingerprint density at radius 1 is 1.17 bits per heavy atom. The number of carbonyl (C=O) groups excluding carboxylic acids is 2. The highest BCUT2D eigenvalue weighted by Gasteiger charge is 2.33. The summed E-state index contributed by atoms with van der Waals surface area (Å²) in [6, 6.07) is 13.3. The van der Waals surface area contributed by atoms with Gasteiger partial charge >= 0.3 is 0 Å². The van der Waals surface area contributed by atoms with Crippen molar-refractivity contribution in [2.45, 2.75) is 18.9 Å². The second-order valence-electron chi connectivity index (χ2n) is 7.28. The van der Waals surface area contributed by atoms with Gasteiger partial charge in [-0.25, -0.2) is 0 Å². The molecular formula is C22H25N3O4. The number of likely N-dealkylation sites (tertiary alicyclic amines) is 1. The van der Waals surface area contributed by atoms with Crippen LogP contribution < -0.4 is 19.7 Å². The number of ether oxygens (including phenoxy) is 2. The summed E-state index contributed by atoms with van der Waals surface area (Å²) in [6.45, 7) is 1.12. The molecule has 0 radical (unpaired) electrons. The summed E-state index contributed by atoms with van der Waals surface area (Å²) in [5.41, 5.74) is 2.47. The molecule has 1 N–H and O–H groups in total. The van der Waals surface area contributed by atoms with Crippen LogP contribution in [0.5, 0.6) is 11.5 Å². The molecule has 29 heavy (non-hydrogen) atoms. The maximum absolute atomic E-state index is 13.1. The quantitative estimate of drug-likeness (QED) is 0.843. The Labute approximate surface area is 170 Å². The highest BCUT2D eigenvalue weighted by molar-refractivity contribution is 6.10. The Morgan fingerprint density at radius 2 is 2.00 bits per heavy atom. The minimum absolute atomic E-state index is 0.0419. The van der Waals surface area contributed by atoms with Crippen LogP contribution in [0.1, 0.15) is 24.4 Å². The minimum atomic E-state index is -0.174. The van der Waals surface area contributed by atoms with Gasteiger partial charge in [0, 0.05) is 17.7 Å². The number of methoxy groups -OCH3 is 2. The Morgan fingerprint density at radius 3 is 2.79 bits per heavy atom. The topological polar surface area (TPSA) is 71.1 Å². The molecular weight excluding hydrogens is 370 g/mol. The third-order valence-electron chi connectivity index (χ3n) is 5.57. The molecule has 2 aromatic rings. The predicted molar refractivity (Wildman–Crippen MR) is 111 cm³/mol.